The van der Waals surface area contributed by atoms with E-state index in [-0.39, 0.29) is 65.7 Å². The number of carboxylic acid groups (broad SMARTS) is 1. The van der Waals surface area contributed by atoms with E-state index in [9.17, 15) is 24.6 Å². The number of anilines is 6. The average Bonchev–Trinajstić information content (AvgIpc) is 1.68. The molecule has 0 fully saturated rings. The van der Waals surface area contributed by atoms with Gasteiger partial charge in [-0.3, -0.25) is 4.79 Å². The van der Waals surface area contributed by atoms with Crippen LogP contribution in [-0.4, -0.2) is 106 Å². The van der Waals surface area contributed by atoms with Crippen molar-refractivity contribution in [2.45, 2.75) is 248 Å². The highest BCUT2D eigenvalue weighted by atomic mass is 35.5. The molecule has 2 atom stereocenters. The Bertz CT molecular complexity index is 3470. The van der Waals surface area contributed by atoms with E-state index >= 15 is 0 Å². The van der Waals surface area contributed by atoms with E-state index < -0.39 is 12.1 Å². The molecule has 0 saturated heterocycles. The number of aromatic nitrogens is 8. The van der Waals surface area contributed by atoms with Crippen molar-refractivity contribution in [1.82, 2.24) is 49.7 Å². The number of unbranched alkanes of at least 4 members (excludes halogenated alkanes) is 18. The van der Waals surface area contributed by atoms with Crippen LogP contribution in [0, 0.1) is 11.8 Å². The zero-order valence-corrected chi connectivity index (χ0v) is 62.4. The topological polar surface area (TPSA) is 260 Å². The van der Waals surface area contributed by atoms with Crippen LogP contribution < -0.4 is 31.9 Å². The molecule has 0 unspecified atom stereocenters. The van der Waals surface area contributed by atoms with Gasteiger partial charge < -0.3 is 56.0 Å². The molecule has 6 aromatic rings. The summed E-state index contributed by atoms with van der Waals surface area (Å²) in [5, 5.41) is 38.7. The van der Waals surface area contributed by atoms with E-state index in [4.69, 9.17) is 42.9 Å². The Kier molecular flexibility index (Phi) is 38.8. The number of alkyl carbamates (subject to hydrolysis) is 1. The molecule has 2 amide bonds. The molecule has 0 aliphatic heterocycles. The highest BCUT2D eigenvalue weighted by molar-refractivity contribution is 6.34. The number of allylic oxidation sites excluding steroid dienone is 8. The van der Waals surface area contributed by atoms with E-state index in [0.717, 1.165) is 57.8 Å². The van der Waals surface area contributed by atoms with Gasteiger partial charge in [-0.1, -0.05) is 190 Å². The molecule has 0 spiro atoms. The molecule has 99 heavy (non-hydrogen) atoms. The Balaban J connectivity index is 0.000000358. The second-order valence-electron chi connectivity index (χ2n) is 26.7. The summed E-state index contributed by atoms with van der Waals surface area (Å²) in [6.07, 6.45) is 49.7. The number of imidazole rings is 2. The number of carbonyl (C=O) groups excluding carboxylic acids is 2. The molecular weight excluding hydrogens is 1290 g/mol. The van der Waals surface area contributed by atoms with Gasteiger partial charge in [0.15, 0.2) is 34.0 Å². The minimum atomic E-state index is -1.11. The fourth-order valence-corrected chi connectivity index (χ4v) is 11.3. The predicted molar refractivity (Wildman–Crippen MR) is 410 cm³/mol. The largest absolute Gasteiger partial charge is 0.478 e. The van der Waals surface area contributed by atoms with Crippen LogP contribution in [-0.2, 0) is 4.74 Å². The zero-order valence-electron chi connectivity index (χ0n) is 60.9. The Morgan fingerprint density at radius 3 is 1.32 bits per heavy atom. The monoisotopic (exact) mass is 1400 g/mol. The van der Waals surface area contributed by atoms with E-state index in [2.05, 4.69) is 123 Å². The van der Waals surface area contributed by atoms with Crippen molar-refractivity contribution in [3.8, 4) is 0 Å². The number of aliphatic hydroxyl groups excluding tert-OH is 1. The quantitative estimate of drug-likeness (QED) is 0.0130. The molecule has 2 aromatic carbocycles. The predicted octanol–water partition coefficient (Wildman–Crippen LogP) is 20.3. The van der Waals surface area contributed by atoms with Crippen molar-refractivity contribution in [3.63, 3.8) is 0 Å². The lowest BCUT2D eigenvalue weighted by Gasteiger charge is -2.23. The molecule has 0 radical (unpaired) electrons. The molecule has 544 valence electrons. The fraction of sp³-hybridized carbons (Fsp3) is 0.571. The number of fused-ring (bicyclic) bond motifs is 2. The lowest BCUT2D eigenvalue weighted by Crippen LogP contribution is -2.35. The van der Waals surface area contributed by atoms with Gasteiger partial charge in [0.2, 0.25) is 11.9 Å². The van der Waals surface area contributed by atoms with Crippen LogP contribution >= 0.6 is 23.2 Å². The molecule has 8 N–H and O–H groups in total. The maximum Gasteiger partial charge on any atom is 0.407 e. The van der Waals surface area contributed by atoms with Gasteiger partial charge in [-0.15, -0.1) is 0 Å². The number of nitrogens with zero attached hydrogens (tertiary/aromatic N) is 8. The van der Waals surface area contributed by atoms with E-state index in [0.29, 0.717) is 80.9 Å². The number of carboxylic acids is 1. The number of aliphatic hydroxyl groups is 1. The minimum absolute atomic E-state index is 0.00632. The smallest absolute Gasteiger partial charge is 0.407 e. The number of halogens is 2. The SMILES string of the molecule is CCCCC/C=C\C/C=C\CCCCCCCCNC(=O)OC[C@H](Nc1nc(Nc2ccc(C(=O)O)c(Cl)c2)c2ncn(C(C)C)c2n1)C(C)C.CCCCC/C=C\C/C=C\CCCCCCCCNC(=O)c1ccc(Nc2nc(N[C@@H](CO)C(C)C)nc3c2ncn3C(C)C)cc1Cl. The Labute approximate surface area is 600 Å². The Morgan fingerprint density at radius 2 is 0.919 bits per heavy atom. The summed E-state index contributed by atoms with van der Waals surface area (Å²) in [7, 11) is 0. The maximum absolute atomic E-state index is 12.9. The number of hydrogen-bond donors (Lipinski definition) is 8. The van der Waals surface area contributed by atoms with Crippen LogP contribution in [0.3, 0.4) is 0 Å². The van der Waals surface area contributed by atoms with Gasteiger partial charge in [-0.05, 0) is 153 Å². The standard InChI is InChI=1S/C39H58ClN7O4.C38H58ClN7O2/c1-6-7-8-9-10-11-12-13-14-15-16-17-18-19-20-21-24-41-39(50)51-26-33(28(2)3)44-38-45-35(34-36(46-38)47(27-42-34)29(4)5)43-30-22-23-31(37(48)49)32(40)25-30;1-6-7-8-9-10-11-12-13-14-15-16-17-18-19-20-21-24-40-37(48)31-23-22-30(25-32(31)39)42-35-34-36(46(27-41-34)29(4)5)45-38(44-35)43-33(26-47)28(2)3/h10-11,13-14,22-23,25,27-29,33H,6-9,12,15-21,24,26H2,1-5H3,(H,41,50)(H,48,49)(H2,43,44,45,46);10-11,13-14,22-23,25,27-29,33,47H,6-9,12,15-21,24,26H2,1-5H3,(H,40,48)(H2,42,43,44,45)/b2*11-10-,14-13-/t2*33-/m00/s1. The number of carbonyl (C=O) groups is 3. The van der Waals surface area contributed by atoms with Gasteiger partial charge in [0.1, 0.15) is 6.61 Å². The summed E-state index contributed by atoms with van der Waals surface area (Å²) >= 11 is 12.8. The molecule has 6 rings (SSSR count). The first-order chi connectivity index (χ1) is 47.8. The molecular formula is C77H116Cl2N14O6. The van der Waals surface area contributed by atoms with Crippen molar-refractivity contribution in [2.75, 3.05) is 47.6 Å². The normalized spacial score (nSPS) is 12.5. The molecule has 0 aliphatic rings. The number of nitrogens with one attached hydrogen (secondary N) is 6. The molecule has 0 bridgehead atoms. The number of benzene rings is 2. The molecule has 4 aromatic heterocycles. The van der Waals surface area contributed by atoms with Gasteiger partial charge >= 0.3 is 12.1 Å². The number of aromatic carboxylic acids is 1. The molecule has 0 aliphatic carbocycles. The first kappa shape index (κ1) is 82.1. The molecule has 0 saturated carbocycles. The van der Waals surface area contributed by atoms with E-state index in [1.54, 1.807) is 30.9 Å². The zero-order chi connectivity index (χ0) is 71.7. The summed E-state index contributed by atoms with van der Waals surface area (Å²) < 4.78 is 9.52. The number of amides is 2. The number of rotatable bonds is 47. The highest BCUT2D eigenvalue weighted by Gasteiger charge is 2.23. The lowest BCUT2D eigenvalue weighted by atomic mass is 10.1. The minimum Gasteiger partial charge on any atom is -0.478 e. The molecule has 20 nitrogen and oxygen atoms in total. The van der Waals surface area contributed by atoms with Gasteiger partial charge in [0.05, 0.1) is 52.5 Å². The van der Waals surface area contributed by atoms with Crippen LogP contribution in [0.4, 0.5) is 39.7 Å². The first-order valence-corrected chi connectivity index (χ1v) is 37.4. The second-order valence-corrected chi connectivity index (χ2v) is 27.5. The van der Waals surface area contributed by atoms with Crippen molar-refractivity contribution in [1.29, 1.82) is 0 Å². The summed E-state index contributed by atoms with van der Waals surface area (Å²) in [6.45, 7) is 22.1. The molecule has 4 heterocycles. The third kappa shape index (κ3) is 30.1. The van der Waals surface area contributed by atoms with Crippen molar-refractivity contribution < 1.29 is 29.3 Å². The van der Waals surface area contributed by atoms with Gasteiger partial charge in [-0.2, -0.15) is 19.9 Å². The summed E-state index contributed by atoms with van der Waals surface area (Å²) in [6, 6.07) is 9.62. The van der Waals surface area contributed by atoms with Crippen molar-refractivity contribution in [2.24, 2.45) is 11.8 Å². The van der Waals surface area contributed by atoms with Gasteiger partial charge in [-0.25, -0.2) is 19.6 Å². The maximum atomic E-state index is 12.9. The highest BCUT2D eigenvalue weighted by Crippen LogP contribution is 2.32. The third-order valence-corrected chi connectivity index (χ3v) is 17.7. The van der Waals surface area contributed by atoms with E-state index in [1.807, 2.05) is 56.7 Å². The summed E-state index contributed by atoms with van der Waals surface area (Å²) in [4.78, 5) is 64.8. The van der Waals surface area contributed by atoms with Crippen LogP contribution in [0.1, 0.15) is 256 Å². The van der Waals surface area contributed by atoms with Crippen molar-refractivity contribution in [3.05, 3.63) is 119 Å². The second kappa shape index (κ2) is 46.7. The first-order valence-electron chi connectivity index (χ1n) is 36.6. The molecule has 22 heteroatoms. The Morgan fingerprint density at radius 1 is 0.515 bits per heavy atom. The summed E-state index contributed by atoms with van der Waals surface area (Å²) in [5.41, 5.74) is 4.13. The third-order valence-electron chi connectivity index (χ3n) is 17.0. The Hall–Kier alpha value is -7.55. The lowest BCUT2D eigenvalue weighted by molar-refractivity contribution is 0.0696. The fourth-order valence-electron chi connectivity index (χ4n) is 10.8. The van der Waals surface area contributed by atoms with Crippen LogP contribution in [0.2, 0.25) is 10.0 Å². The van der Waals surface area contributed by atoms with Gasteiger partial charge in [0.25, 0.3) is 5.91 Å². The number of hydrogen-bond acceptors (Lipinski definition) is 15. The van der Waals surface area contributed by atoms with Crippen LogP contribution in [0.15, 0.2) is 97.7 Å². The average molecular weight is 1400 g/mol. The number of ether oxygens (including phenoxy) is 1. The van der Waals surface area contributed by atoms with Crippen LogP contribution in [0.5, 0.6) is 0 Å². The summed E-state index contributed by atoms with van der Waals surface area (Å²) in [5.74, 6) is 0.659. The van der Waals surface area contributed by atoms with Crippen molar-refractivity contribution >= 4 is 98.4 Å². The van der Waals surface area contributed by atoms with Gasteiger partial charge in [0, 0.05) is 36.5 Å². The van der Waals surface area contributed by atoms with E-state index in [1.165, 1.54) is 108 Å². The van der Waals surface area contributed by atoms with Crippen LogP contribution in [0.25, 0.3) is 22.3 Å².